The van der Waals surface area contributed by atoms with Gasteiger partial charge in [-0.3, -0.25) is 5.43 Å². The van der Waals surface area contributed by atoms with Crippen LogP contribution in [0.5, 0.6) is 0 Å². The van der Waals surface area contributed by atoms with Gasteiger partial charge in [-0.15, -0.1) is 0 Å². The molecule has 0 aromatic rings. The van der Waals surface area contributed by atoms with Gasteiger partial charge in [0.1, 0.15) is 3.70 Å². The molecule has 0 fully saturated rings. The molecule has 3 nitrogen and oxygen atoms in total. The second kappa shape index (κ2) is 1.65. The van der Waals surface area contributed by atoms with Crippen LogP contribution in [0.2, 0.25) is 0 Å². The normalized spacial score (nSPS) is 18.5. The smallest absolute Gasteiger partial charge is 0.106 e. The van der Waals surface area contributed by atoms with Gasteiger partial charge in [-0.1, -0.05) is 0 Å². The van der Waals surface area contributed by atoms with Gasteiger partial charge in [-0.25, -0.2) is 0 Å². The summed E-state index contributed by atoms with van der Waals surface area (Å²) >= 11 is 2.16. The molecule has 4 heteroatoms. The summed E-state index contributed by atoms with van der Waals surface area (Å²) in [6.07, 6.45) is 1.83. The van der Waals surface area contributed by atoms with Crippen LogP contribution >= 0.6 is 22.6 Å². The van der Waals surface area contributed by atoms with Crippen LogP contribution in [0.25, 0.3) is 0 Å². The fraction of sp³-hybridized carbons (Fsp3) is 0. The van der Waals surface area contributed by atoms with Crippen molar-refractivity contribution >= 4 is 22.6 Å². The van der Waals surface area contributed by atoms with Crippen LogP contribution in [0.4, 0.5) is 0 Å². The third-order valence-corrected chi connectivity index (χ3v) is 1.03. The summed E-state index contributed by atoms with van der Waals surface area (Å²) in [5.74, 6) is 0. The highest BCUT2D eigenvalue weighted by Crippen LogP contribution is 1.97. The summed E-state index contributed by atoms with van der Waals surface area (Å²) in [5, 5.41) is 0. The minimum atomic E-state index is 1.08. The first-order valence-electron chi connectivity index (χ1n) is 1.52. The van der Waals surface area contributed by atoms with E-state index in [2.05, 4.69) is 39.0 Å². The Balaban J connectivity index is 2.45. The molecule has 0 unspecified atom stereocenters. The van der Waals surface area contributed by atoms with Crippen LogP contribution in [0.15, 0.2) is 9.90 Å². The second-order valence-electron chi connectivity index (χ2n) is 0.887. The minimum Gasteiger partial charge on any atom is -0.309 e. The number of halogens is 1. The molecule has 0 saturated heterocycles. The lowest BCUT2D eigenvalue weighted by molar-refractivity contribution is 0.612. The number of hydrogen-bond donors (Lipinski definition) is 3. The van der Waals surface area contributed by atoms with Crippen molar-refractivity contribution in [3.05, 3.63) is 9.90 Å². The molecule has 0 aromatic carbocycles. The van der Waals surface area contributed by atoms with Crippen molar-refractivity contribution in [1.82, 2.24) is 16.4 Å². The highest BCUT2D eigenvalue weighted by molar-refractivity contribution is 14.1. The summed E-state index contributed by atoms with van der Waals surface area (Å²) in [4.78, 5) is 0. The Morgan fingerprint density at radius 3 is 2.67 bits per heavy atom. The van der Waals surface area contributed by atoms with Gasteiger partial charge in [0.05, 0.1) is 0 Å². The molecule has 6 heavy (non-hydrogen) atoms. The molecule has 1 aliphatic rings. The van der Waals surface area contributed by atoms with Crippen molar-refractivity contribution in [2.45, 2.75) is 0 Å². The third-order valence-electron chi connectivity index (χ3n) is 0.453. The predicted octanol–water partition coefficient (Wildman–Crippen LogP) is -0.167. The van der Waals surface area contributed by atoms with E-state index in [0.29, 0.717) is 0 Å². The summed E-state index contributed by atoms with van der Waals surface area (Å²) in [5.41, 5.74) is 8.22. The lowest BCUT2D eigenvalue weighted by atomic mass is 11.0. The summed E-state index contributed by atoms with van der Waals surface area (Å²) in [6.45, 7) is 0. The van der Waals surface area contributed by atoms with Crippen molar-refractivity contribution < 1.29 is 0 Å². The molecule has 34 valence electrons. The zero-order chi connectivity index (χ0) is 4.41. The zero-order valence-electron chi connectivity index (χ0n) is 2.96. The fourth-order valence-corrected chi connectivity index (χ4v) is 0.522. The van der Waals surface area contributed by atoms with E-state index in [4.69, 9.17) is 0 Å². The third kappa shape index (κ3) is 0.749. The molecule has 1 aliphatic heterocycles. The van der Waals surface area contributed by atoms with E-state index in [1.807, 2.05) is 6.20 Å². The average molecular weight is 197 g/mol. The first kappa shape index (κ1) is 4.20. The van der Waals surface area contributed by atoms with Crippen molar-refractivity contribution in [3.63, 3.8) is 0 Å². The minimum absolute atomic E-state index is 1.08. The van der Waals surface area contributed by atoms with Gasteiger partial charge in [0.2, 0.25) is 0 Å². The van der Waals surface area contributed by atoms with E-state index < -0.39 is 0 Å². The maximum atomic E-state index is 2.81. The summed E-state index contributed by atoms with van der Waals surface area (Å²) in [7, 11) is 0. The molecule has 0 bridgehead atoms. The van der Waals surface area contributed by atoms with Gasteiger partial charge in [-0.2, -0.15) is 5.53 Å². The number of hydrazine groups is 2. The van der Waals surface area contributed by atoms with E-state index >= 15 is 0 Å². The number of hydrogen-bond acceptors (Lipinski definition) is 3. The molecule has 1 rings (SSSR count). The first-order chi connectivity index (χ1) is 2.89. The highest BCUT2D eigenvalue weighted by atomic mass is 127. The van der Waals surface area contributed by atoms with Crippen molar-refractivity contribution in [2.24, 2.45) is 0 Å². The Kier molecular flexibility index (Phi) is 1.16. The van der Waals surface area contributed by atoms with Gasteiger partial charge >= 0.3 is 0 Å². The van der Waals surface area contributed by atoms with Crippen molar-refractivity contribution in [2.75, 3.05) is 0 Å². The summed E-state index contributed by atoms with van der Waals surface area (Å²) in [6, 6.07) is 0. The maximum absolute atomic E-state index is 2.81. The van der Waals surface area contributed by atoms with Crippen molar-refractivity contribution in [1.29, 1.82) is 0 Å². The van der Waals surface area contributed by atoms with E-state index in [0.717, 1.165) is 3.70 Å². The fourth-order valence-electron chi connectivity index (χ4n) is 0.231. The topological polar surface area (TPSA) is 36.1 Å². The quantitative estimate of drug-likeness (QED) is 0.372. The Morgan fingerprint density at radius 2 is 2.50 bits per heavy atom. The van der Waals surface area contributed by atoms with E-state index in [9.17, 15) is 0 Å². The number of nitrogens with one attached hydrogen (secondary N) is 3. The average Bonchev–Trinajstić information content (AvgIpc) is 1.86. The van der Waals surface area contributed by atoms with Crippen LogP contribution in [0, 0.1) is 0 Å². The Bertz CT molecular complexity index is 78.9. The van der Waals surface area contributed by atoms with Crippen LogP contribution in [-0.2, 0) is 0 Å². The first-order valence-corrected chi connectivity index (χ1v) is 2.60. The van der Waals surface area contributed by atoms with Gasteiger partial charge < -0.3 is 5.43 Å². The monoisotopic (exact) mass is 197 g/mol. The van der Waals surface area contributed by atoms with E-state index in [1.165, 1.54) is 0 Å². The molecule has 0 aliphatic carbocycles. The summed E-state index contributed by atoms with van der Waals surface area (Å²) < 4.78 is 1.08. The van der Waals surface area contributed by atoms with E-state index in [1.54, 1.807) is 0 Å². The lowest BCUT2D eigenvalue weighted by Crippen LogP contribution is -2.30. The zero-order valence-corrected chi connectivity index (χ0v) is 5.11. The van der Waals surface area contributed by atoms with Gasteiger partial charge in [0.15, 0.2) is 0 Å². The highest BCUT2D eigenvalue weighted by Gasteiger charge is 1.90. The standard InChI is InChI=1S/C2H4IN3/c3-2-1-4-6-5-2/h1,4-6H. The lowest BCUT2D eigenvalue weighted by Gasteiger charge is -1.89. The molecular weight excluding hydrogens is 193 g/mol. The molecule has 0 aromatic heterocycles. The van der Waals surface area contributed by atoms with Crippen LogP contribution in [-0.4, -0.2) is 0 Å². The van der Waals surface area contributed by atoms with E-state index in [-0.39, 0.29) is 0 Å². The Morgan fingerprint density at radius 1 is 1.67 bits per heavy atom. The maximum Gasteiger partial charge on any atom is 0.106 e. The SMILES string of the molecule is IC1=CNNN1. The second-order valence-corrected chi connectivity index (χ2v) is 2.05. The molecule has 1 heterocycles. The Hall–Kier alpha value is 0.0300. The number of rotatable bonds is 0. The molecule has 0 amide bonds. The van der Waals surface area contributed by atoms with Gasteiger partial charge in [0.25, 0.3) is 0 Å². The van der Waals surface area contributed by atoms with Crippen LogP contribution < -0.4 is 16.4 Å². The van der Waals surface area contributed by atoms with Gasteiger partial charge in [0, 0.05) is 6.20 Å². The molecule has 0 radical (unpaired) electrons. The molecular formula is C2H4IN3. The van der Waals surface area contributed by atoms with Crippen LogP contribution in [0.1, 0.15) is 0 Å². The molecule has 0 spiro atoms. The Labute approximate surface area is 49.3 Å². The molecule has 3 N–H and O–H groups in total. The van der Waals surface area contributed by atoms with Gasteiger partial charge in [-0.05, 0) is 22.6 Å². The van der Waals surface area contributed by atoms with Crippen molar-refractivity contribution in [3.8, 4) is 0 Å². The molecule has 0 saturated carbocycles. The van der Waals surface area contributed by atoms with Crippen LogP contribution in [0.3, 0.4) is 0 Å². The predicted molar refractivity (Wildman–Crippen MR) is 31.5 cm³/mol. The largest absolute Gasteiger partial charge is 0.309 e. The molecule has 0 atom stereocenters.